The summed E-state index contributed by atoms with van der Waals surface area (Å²) in [5.74, 6) is -0.109. The van der Waals surface area contributed by atoms with Gasteiger partial charge >= 0.3 is 0 Å². The van der Waals surface area contributed by atoms with Gasteiger partial charge in [-0.2, -0.15) is 0 Å². The van der Waals surface area contributed by atoms with Gasteiger partial charge in [-0.15, -0.1) is 0 Å². The SMILES string of the molecule is CCNC(=O)c1ccc(I)c(C)n1. The van der Waals surface area contributed by atoms with Gasteiger partial charge in [0.15, 0.2) is 0 Å². The Bertz CT molecular complexity index is 325. The van der Waals surface area contributed by atoms with Crippen molar-refractivity contribution in [3.63, 3.8) is 0 Å². The summed E-state index contributed by atoms with van der Waals surface area (Å²) in [6.45, 7) is 4.41. The maximum absolute atomic E-state index is 11.3. The number of carbonyl (C=O) groups is 1. The molecule has 0 aromatic carbocycles. The molecular weight excluding hydrogens is 279 g/mol. The summed E-state index contributed by atoms with van der Waals surface area (Å²) in [7, 11) is 0. The van der Waals surface area contributed by atoms with Crippen LogP contribution in [0.15, 0.2) is 12.1 Å². The molecule has 0 aliphatic carbocycles. The Balaban J connectivity index is 2.90. The second kappa shape index (κ2) is 4.55. The van der Waals surface area contributed by atoms with Gasteiger partial charge in [0.2, 0.25) is 0 Å². The first kappa shape index (κ1) is 10.4. The molecule has 0 aliphatic heterocycles. The Hall–Kier alpha value is -0.650. The van der Waals surface area contributed by atoms with Crippen molar-refractivity contribution >= 4 is 28.5 Å². The van der Waals surface area contributed by atoms with E-state index in [4.69, 9.17) is 0 Å². The monoisotopic (exact) mass is 290 g/mol. The van der Waals surface area contributed by atoms with Crippen LogP contribution in [0.2, 0.25) is 0 Å². The first-order chi connectivity index (χ1) is 6.15. The molecule has 0 aliphatic rings. The number of pyridine rings is 1. The number of aryl methyl sites for hydroxylation is 1. The highest BCUT2D eigenvalue weighted by Gasteiger charge is 2.06. The van der Waals surface area contributed by atoms with Crippen LogP contribution in [0.5, 0.6) is 0 Å². The van der Waals surface area contributed by atoms with Crippen LogP contribution in [0.25, 0.3) is 0 Å². The predicted octanol–water partition coefficient (Wildman–Crippen LogP) is 1.74. The maximum Gasteiger partial charge on any atom is 0.269 e. The molecule has 1 heterocycles. The van der Waals surface area contributed by atoms with Crippen LogP contribution >= 0.6 is 22.6 Å². The summed E-state index contributed by atoms with van der Waals surface area (Å²) in [5.41, 5.74) is 1.38. The van der Waals surface area contributed by atoms with Gasteiger partial charge in [0.05, 0.1) is 5.69 Å². The minimum absolute atomic E-state index is 0.109. The quantitative estimate of drug-likeness (QED) is 0.843. The van der Waals surface area contributed by atoms with Crippen LogP contribution in [0.3, 0.4) is 0 Å². The van der Waals surface area contributed by atoms with E-state index in [1.165, 1.54) is 0 Å². The van der Waals surface area contributed by atoms with Crippen LogP contribution < -0.4 is 5.32 Å². The number of hydrogen-bond donors (Lipinski definition) is 1. The minimum Gasteiger partial charge on any atom is -0.351 e. The molecule has 0 fully saturated rings. The highest BCUT2D eigenvalue weighted by Crippen LogP contribution is 2.09. The van der Waals surface area contributed by atoms with Crippen molar-refractivity contribution in [3.8, 4) is 0 Å². The molecule has 1 aromatic rings. The zero-order valence-electron chi connectivity index (χ0n) is 7.60. The lowest BCUT2D eigenvalue weighted by Crippen LogP contribution is -2.23. The van der Waals surface area contributed by atoms with E-state index in [1.54, 1.807) is 6.07 Å². The van der Waals surface area contributed by atoms with Gasteiger partial charge in [-0.05, 0) is 48.6 Å². The van der Waals surface area contributed by atoms with Crippen LogP contribution in [0.1, 0.15) is 23.1 Å². The Morgan fingerprint density at radius 3 is 2.85 bits per heavy atom. The molecule has 70 valence electrons. The smallest absolute Gasteiger partial charge is 0.269 e. The summed E-state index contributed by atoms with van der Waals surface area (Å²) in [6, 6.07) is 3.63. The van der Waals surface area contributed by atoms with Gasteiger partial charge in [0.1, 0.15) is 5.69 Å². The van der Waals surface area contributed by atoms with Crippen molar-refractivity contribution in [1.29, 1.82) is 0 Å². The Labute approximate surface area is 91.1 Å². The Morgan fingerprint density at radius 2 is 2.31 bits per heavy atom. The summed E-state index contributed by atoms with van der Waals surface area (Å²) in [4.78, 5) is 15.5. The van der Waals surface area contributed by atoms with E-state index in [2.05, 4.69) is 32.9 Å². The molecule has 0 spiro atoms. The molecule has 1 aromatic heterocycles. The molecule has 0 saturated carbocycles. The zero-order chi connectivity index (χ0) is 9.84. The molecule has 1 amide bonds. The third kappa shape index (κ3) is 2.65. The van der Waals surface area contributed by atoms with Crippen molar-refractivity contribution in [3.05, 3.63) is 27.1 Å². The first-order valence-corrected chi connectivity index (χ1v) is 5.14. The van der Waals surface area contributed by atoms with Crippen LogP contribution in [-0.2, 0) is 0 Å². The van der Waals surface area contributed by atoms with E-state index in [9.17, 15) is 4.79 Å². The molecule has 0 saturated heterocycles. The second-order valence-corrected chi connectivity index (χ2v) is 3.79. The number of carbonyl (C=O) groups excluding carboxylic acids is 1. The van der Waals surface area contributed by atoms with Crippen molar-refractivity contribution in [2.75, 3.05) is 6.54 Å². The summed E-state index contributed by atoms with van der Waals surface area (Å²) in [5, 5.41) is 2.70. The van der Waals surface area contributed by atoms with Gasteiger partial charge in [-0.3, -0.25) is 4.79 Å². The first-order valence-electron chi connectivity index (χ1n) is 4.06. The number of rotatable bonds is 2. The summed E-state index contributed by atoms with van der Waals surface area (Å²) < 4.78 is 1.07. The van der Waals surface area contributed by atoms with E-state index in [1.807, 2.05) is 19.9 Å². The van der Waals surface area contributed by atoms with Crippen molar-refractivity contribution in [2.24, 2.45) is 0 Å². The molecule has 4 heteroatoms. The molecule has 0 atom stereocenters. The summed E-state index contributed by atoms with van der Waals surface area (Å²) >= 11 is 2.19. The average Bonchev–Trinajstić information content (AvgIpc) is 2.10. The van der Waals surface area contributed by atoms with Crippen LogP contribution in [-0.4, -0.2) is 17.4 Å². The van der Waals surface area contributed by atoms with Gasteiger partial charge in [-0.25, -0.2) is 4.98 Å². The summed E-state index contributed by atoms with van der Waals surface area (Å²) in [6.07, 6.45) is 0. The molecule has 0 unspecified atom stereocenters. The average molecular weight is 290 g/mol. The third-order valence-electron chi connectivity index (χ3n) is 1.59. The van der Waals surface area contributed by atoms with E-state index >= 15 is 0 Å². The minimum atomic E-state index is -0.109. The molecule has 0 bridgehead atoms. The van der Waals surface area contributed by atoms with Crippen LogP contribution in [0, 0.1) is 10.5 Å². The fourth-order valence-corrected chi connectivity index (χ4v) is 1.22. The number of halogens is 1. The highest BCUT2D eigenvalue weighted by atomic mass is 127. The van der Waals surface area contributed by atoms with Gasteiger partial charge < -0.3 is 5.32 Å². The molecule has 3 nitrogen and oxygen atoms in total. The fraction of sp³-hybridized carbons (Fsp3) is 0.333. The molecule has 13 heavy (non-hydrogen) atoms. The fourth-order valence-electron chi connectivity index (χ4n) is 0.922. The van der Waals surface area contributed by atoms with E-state index in [0.717, 1.165) is 9.26 Å². The number of hydrogen-bond acceptors (Lipinski definition) is 2. The number of amides is 1. The highest BCUT2D eigenvalue weighted by molar-refractivity contribution is 14.1. The molecule has 1 N–H and O–H groups in total. The van der Waals surface area contributed by atoms with E-state index in [0.29, 0.717) is 12.2 Å². The van der Waals surface area contributed by atoms with Gasteiger partial charge in [-0.1, -0.05) is 0 Å². The number of aromatic nitrogens is 1. The molecular formula is C9H11IN2O. The number of nitrogens with zero attached hydrogens (tertiary/aromatic N) is 1. The van der Waals surface area contributed by atoms with E-state index < -0.39 is 0 Å². The van der Waals surface area contributed by atoms with Gasteiger partial charge in [0.25, 0.3) is 5.91 Å². The maximum atomic E-state index is 11.3. The lowest BCUT2D eigenvalue weighted by atomic mass is 10.3. The zero-order valence-corrected chi connectivity index (χ0v) is 9.75. The second-order valence-electron chi connectivity index (χ2n) is 2.62. The Kier molecular flexibility index (Phi) is 3.65. The van der Waals surface area contributed by atoms with Crippen molar-refractivity contribution in [1.82, 2.24) is 10.3 Å². The predicted molar refractivity (Wildman–Crippen MR) is 59.7 cm³/mol. The largest absolute Gasteiger partial charge is 0.351 e. The standard InChI is InChI=1S/C9H11IN2O/c1-3-11-9(13)8-5-4-7(10)6(2)12-8/h4-5H,3H2,1-2H3,(H,11,13). The van der Waals surface area contributed by atoms with E-state index in [-0.39, 0.29) is 5.91 Å². The van der Waals surface area contributed by atoms with Crippen molar-refractivity contribution in [2.45, 2.75) is 13.8 Å². The lowest BCUT2D eigenvalue weighted by Gasteiger charge is -2.02. The van der Waals surface area contributed by atoms with Gasteiger partial charge in [0, 0.05) is 10.1 Å². The van der Waals surface area contributed by atoms with Crippen molar-refractivity contribution < 1.29 is 4.79 Å². The third-order valence-corrected chi connectivity index (χ3v) is 2.73. The number of nitrogens with one attached hydrogen (secondary N) is 1. The van der Waals surface area contributed by atoms with Crippen LogP contribution in [0.4, 0.5) is 0 Å². The normalized spacial score (nSPS) is 9.77. The Morgan fingerprint density at radius 1 is 1.62 bits per heavy atom. The molecule has 0 radical (unpaired) electrons. The topological polar surface area (TPSA) is 42.0 Å². The lowest BCUT2D eigenvalue weighted by molar-refractivity contribution is 0.0950. The molecule has 1 rings (SSSR count).